The summed E-state index contributed by atoms with van der Waals surface area (Å²) in [6.45, 7) is 4.58. The number of piperazine rings is 1. The van der Waals surface area contributed by atoms with Crippen LogP contribution < -0.4 is 0 Å². The summed E-state index contributed by atoms with van der Waals surface area (Å²) in [4.78, 5) is 27.7. The summed E-state index contributed by atoms with van der Waals surface area (Å²) in [5.74, 6) is 0.527. The second-order valence-electron chi connectivity index (χ2n) is 5.71. The van der Waals surface area contributed by atoms with Crippen LogP contribution in [0, 0.1) is 5.92 Å². The number of rotatable bonds is 3. The number of hydrogen-bond acceptors (Lipinski definition) is 2. The van der Waals surface area contributed by atoms with Gasteiger partial charge in [0.2, 0.25) is 11.8 Å². The third kappa shape index (κ3) is 2.09. The Bertz CT molecular complexity index is 529. The summed E-state index contributed by atoms with van der Waals surface area (Å²) >= 11 is 0. The molecule has 2 fully saturated rings. The number of nitrogens with zero attached hydrogens (tertiary/aromatic N) is 2. The van der Waals surface area contributed by atoms with Crippen molar-refractivity contribution in [1.82, 2.24) is 9.80 Å². The van der Waals surface area contributed by atoms with Gasteiger partial charge in [-0.3, -0.25) is 9.59 Å². The van der Waals surface area contributed by atoms with E-state index in [1.165, 1.54) is 0 Å². The molecule has 4 nitrogen and oxygen atoms in total. The van der Waals surface area contributed by atoms with Gasteiger partial charge < -0.3 is 9.80 Å². The zero-order valence-electron chi connectivity index (χ0n) is 12.0. The molecule has 2 amide bonds. The lowest BCUT2D eigenvalue weighted by Crippen LogP contribution is -2.51. The number of carbonyl (C=O) groups is 2. The fourth-order valence-electron chi connectivity index (χ4n) is 3.46. The van der Waals surface area contributed by atoms with Gasteiger partial charge in [-0.15, -0.1) is 0 Å². The third-order valence-electron chi connectivity index (χ3n) is 4.50. The normalized spacial score (nSPS) is 28.3. The molecular formula is C16H20N2O2. The highest BCUT2D eigenvalue weighted by atomic mass is 16.2. The molecule has 3 unspecified atom stereocenters. The van der Waals surface area contributed by atoms with E-state index in [2.05, 4.69) is 6.92 Å². The topological polar surface area (TPSA) is 40.6 Å². The molecule has 3 atom stereocenters. The Hall–Kier alpha value is -1.84. The average molecular weight is 272 g/mol. The lowest BCUT2D eigenvalue weighted by molar-refractivity contribution is -0.144. The van der Waals surface area contributed by atoms with Crippen molar-refractivity contribution in [3.63, 3.8) is 0 Å². The molecule has 1 aliphatic carbocycles. The molecule has 3 rings (SSSR count). The van der Waals surface area contributed by atoms with E-state index in [-0.39, 0.29) is 30.4 Å². The minimum absolute atomic E-state index is 0.0173. The number of amides is 2. The van der Waals surface area contributed by atoms with E-state index in [4.69, 9.17) is 0 Å². The highest BCUT2D eigenvalue weighted by molar-refractivity contribution is 5.87. The molecule has 1 aromatic rings. The second kappa shape index (κ2) is 4.93. The molecule has 1 saturated carbocycles. The van der Waals surface area contributed by atoms with Crippen molar-refractivity contribution in [3.05, 3.63) is 35.9 Å². The molecule has 1 aliphatic heterocycles. The van der Waals surface area contributed by atoms with Crippen LogP contribution in [0.4, 0.5) is 0 Å². The van der Waals surface area contributed by atoms with Gasteiger partial charge in [0, 0.05) is 19.4 Å². The van der Waals surface area contributed by atoms with Crippen LogP contribution in [0.2, 0.25) is 0 Å². The van der Waals surface area contributed by atoms with Crippen molar-refractivity contribution in [2.24, 2.45) is 5.92 Å². The predicted octanol–water partition coefficient (Wildman–Crippen LogP) is 1.65. The maximum atomic E-state index is 12.3. The number of benzene rings is 1. The van der Waals surface area contributed by atoms with E-state index in [0.717, 1.165) is 12.0 Å². The van der Waals surface area contributed by atoms with Crippen LogP contribution in [-0.2, 0) is 16.1 Å². The molecule has 2 aliphatic rings. The molecular weight excluding hydrogens is 252 g/mol. The van der Waals surface area contributed by atoms with Crippen LogP contribution in [0.25, 0.3) is 0 Å². The number of hydrogen-bond donors (Lipinski definition) is 0. The van der Waals surface area contributed by atoms with E-state index < -0.39 is 0 Å². The fourth-order valence-corrected chi connectivity index (χ4v) is 3.46. The molecule has 0 bridgehead atoms. The molecule has 1 heterocycles. The van der Waals surface area contributed by atoms with Crippen LogP contribution in [0.15, 0.2) is 30.3 Å². The van der Waals surface area contributed by atoms with E-state index >= 15 is 0 Å². The van der Waals surface area contributed by atoms with Crippen LogP contribution in [-0.4, -0.2) is 40.2 Å². The zero-order chi connectivity index (χ0) is 14.3. The minimum atomic E-state index is 0.0173. The first-order chi connectivity index (χ1) is 9.63. The quantitative estimate of drug-likeness (QED) is 0.839. The minimum Gasteiger partial charge on any atom is -0.331 e. The van der Waals surface area contributed by atoms with Gasteiger partial charge in [-0.05, 0) is 12.0 Å². The van der Waals surface area contributed by atoms with Gasteiger partial charge in [0.15, 0.2) is 0 Å². The van der Waals surface area contributed by atoms with E-state index in [0.29, 0.717) is 12.5 Å². The summed E-state index contributed by atoms with van der Waals surface area (Å²) in [5.41, 5.74) is 1.15. The van der Waals surface area contributed by atoms with Crippen LogP contribution in [0.1, 0.15) is 25.8 Å². The number of carbonyl (C=O) groups excluding carboxylic acids is 2. The molecule has 0 aromatic heterocycles. The second-order valence-corrected chi connectivity index (χ2v) is 5.71. The van der Waals surface area contributed by atoms with Gasteiger partial charge in [-0.2, -0.15) is 0 Å². The predicted molar refractivity (Wildman–Crippen MR) is 75.7 cm³/mol. The first-order valence-corrected chi connectivity index (χ1v) is 7.24. The Morgan fingerprint density at radius 1 is 1.25 bits per heavy atom. The Morgan fingerprint density at radius 2 is 1.95 bits per heavy atom. The van der Waals surface area contributed by atoms with Gasteiger partial charge in [0.1, 0.15) is 6.54 Å². The van der Waals surface area contributed by atoms with Crippen molar-refractivity contribution in [2.75, 3.05) is 6.54 Å². The Labute approximate surface area is 119 Å². The molecule has 1 saturated heterocycles. The Morgan fingerprint density at radius 3 is 2.55 bits per heavy atom. The highest BCUT2D eigenvalue weighted by Gasteiger charge is 2.60. The van der Waals surface area contributed by atoms with Gasteiger partial charge in [0.05, 0.1) is 12.1 Å². The average Bonchev–Trinajstić information content (AvgIpc) is 3.16. The van der Waals surface area contributed by atoms with Crippen LogP contribution >= 0.6 is 0 Å². The summed E-state index contributed by atoms with van der Waals surface area (Å²) in [7, 11) is 0. The van der Waals surface area contributed by atoms with Gasteiger partial charge in [0.25, 0.3) is 0 Å². The van der Waals surface area contributed by atoms with Crippen molar-refractivity contribution in [1.29, 1.82) is 0 Å². The standard InChI is InChI=1S/C16H20N2O2/c1-3-13-15-16(13)18(9-12-7-5-4-6-8-12)14(20)10-17(15)11(2)19/h4-8,13,15-16H,3,9-10H2,1-2H3. The Kier molecular flexibility index (Phi) is 3.24. The molecule has 4 heteroatoms. The van der Waals surface area contributed by atoms with Crippen molar-refractivity contribution in [3.8, 4) is 0 Å². The van der Waals surface area contributed by atoms with Crippen molar-refractivity contribution in [2.45, 2.75) is 38.9 Å². The lowest BCUT2D eigenvalue weighted by Gasteiger charge is -2.33. The molecule has 106 valence electrons. The molecule has 0 N–H and O–H groups in total. The SMILES string of the molecule is CCC1C2C1N(Cc1ccccc1)C(=O)CN2C(C)=O. The summed E-state index contributed by atoms with van der Waals surface area (Å²) < 4.78 is 0. The summed E-state index contributed by atoms with van der Waals surface area (Å²) in [6, 6.07) is 10.5. The van der Waals surface area contributed by atoms with Crippen molar-refractivity contribution >= 4 is 11.8 Å². The lowest BCUT2D eigenvalue weighted by atomic mass is 10.2. The van der Waals surface area contributed by atoms with Crippen molar-refractivity contribution < 1.29 is 9.59 Å². The highest BCUT2D eigenvalue weighted by Crippen LogP contribution is 2.46. The monoisotopic (exact) mass is 272 g/mol. The van der Waals surface area contributed by atoms with E-state index in [1.807, 2.05) is 35.2 Å². The maximum absolute atomic E-state index is 12.3. The van der Waals surface area contributed by atoms with Crippen LogP contribution in [0.3, 0.4) is 0 Å². The summed E-state index contributed by atoms with van der Waals surface area (Å²) in [6.07, 6.45) is 1.01. The zero-order valence-corrected chi connectivity index (χ0v) is 12.0. The number of fused-ring (bicyclic) bond motifs is 1. The molecule has 20 heavy (non-hydrogen) atoms. The fraction of sp³-hybridized carbons (Fsp3) is 0.500. The maximum Gasteiger partial charge on any atom is 0.242 e. The first-order valence-electron chi connectivity index (χ1n) is 7.24. The third-order valence-corrected chi connectivity index (χ3v) is 4.50. The van der Waals surface area contributed by atoms with Crippen LogP contribution in [0.5, 0.6) is 0 Å². The van der Waals surface area contributed by atoms with Gasteiger partial charge >= 0.3 is 0 Å². The molecule has 0 spiro atoms. The molecule has 1 aromatic carbocycles. The smallest absolute Gasteiger partial charge is 0.242 e. The summed E-state index contributed by atoms with van der Waals surface area (Å²) in [5, 5.41) is 0. The first kappa shape index (κ1) is 13.2. The van der Waals surface area contributed by atoms with E-state index in [1.54, 1.807) is 11.8 Å². The molecule has 0 radical (unpaired) electrons. The van der Waals surface area contributed by atoms with Gasteiger partial charge in [-0.25, -0.2) is 0 Å². The van der Waals surface area contributed by atoms with E-state index in [9.17, 15) is 9.59 Å². The van der Waals surface area contributed by atoms with Gasteiger partial charge in [-0.1, -0.05) is 37.3 Å². The Balaban J connectivity index is 1.80. The largest absolute Gasteiger partial charge is 0.331 e.